The van der Waals surface area contributed by atoms with Crippen LogP contribution in [-0.4, -0.2) is 63.7 Å². The fourth-order valence-electron chi connectivity index (χ4n) is 4.90. The summed E-state index contributed by atoms with van der Waals surface area (Å²) in [5.74, 6) is -0.406. The van der Waals surface area contributed by atoms with Crippen molar-refractivity contribution in [1.82, 2.24) is 25.3 Å². The van der Waals surface area contributed by atoms with Gasteiger partial charge in [-0.1, -0.05) is 30.3 Å². The smallest absolute Gasteiger partial charge is 0.460 e. The summed E-state index contributed by atoms with van der Waals surface area (Å²) in [6.45, 7) is 8.56. The molecular weight excluding hydrogens is 576 g/mol. The quantitative estimate of drug-likeness (QED) is 0.103. The number of rotatable bonds is 10. The fraction of sp³-hybridized carbons (Fsp3) is 0.344. The van der Waals surface area contributed by atoms with Gasteiger partial charge in [0.05, 0.1) is 28.7 Å². The van der Waals surface area contributed by atoms with E-state index in [0.29, 0.717) is 58.6 Å². The second-order valence-corrected chi connectivity index (χ2v) is 11.7. The maximum Gasteiger partial charge on any atom is 0.460 e. The number of aromatic nitrogens is 5. The number of anilines is 1. The van der Waals surface area contributed by atoms with Crippen molar-refractivity contribution in [3.05, 3.63) is 82.2 Å². The Labute approximate surface area is 260 Å². The molecule has 2 heterocycles. The first-order chi connectivity index (χ1) is 21.5. The van der Waals surface area contributed by atoms with Crippen LogP contribution in [-0.2, 0) is 4.74 Å². The largest absolute Gasteiger partial charge is 0.739 e. The van der Waals surface area contributed by atoms with E-state index >= 15 is 0 Å². The van der Waals surface area contributed by atoms with Crippen LogP contribution in [0.25, 0.3) is 33.1 Å². The predicted molar refractivity (Wildman–Crippen MR) is 169 cm³/mol. The van der Waals surface area contributed by atoms with Gasteiger partial charge in [-0.05, 0) is 70.4 Å². The minimum Gasteiger partial charge on any atom is -0.739 e. The highest BCUT2D eigenvalue weighted by atomic mass is 16.6. The van der Waals surface area contributed by atoms with E-state index in [4.69, 9.17) is 9.72 Å². The third-order valence-electron chi connectivity index (χ3n) is 7.05. The molecule has 0 saturated heterocycles. The zero-order valence-electron chi connectivity index (χ0n) is 25.7. The van der Waals surface area contributed by atoms with Crippen LogP contribution >= 0.6 is 0 Å². The van der Waals surface area contributed by atoms with Gasteiger partial charge in [0.25, 0.3) is 11.4 Å². The number of nitrogens with one attached hydrogen (secondary N) is 2. The van der Waals surface area contributed by atoms with Gasteiger partial charge in [-0.25, -0.2) is 19.5 Å². The number of carbonyl (C=O) groups is 2. The van der Waals surface area contributed by atoms with Gasteiger partial charge in [-0.3, -0.25) is 10.1 Å². The molecule has 0 aliphatic heterocycles. The molecule has 0 aliphatic carbocycles. The summed E-state index contributed by atoms with van der Waals surface area (Å²) in [6.07, 6.45) is 0.432. The number of para-hydroxylation sites is 4. The number of nitrogens with zero attached hydrogens (tertiary/aromatic N) is 6. The van der Waals surface area contributed by atoms with E-state index in [9.17, 15) is 20.0 Å². The first-order valence-corrected chi connectivity index (χ1v) is 14.8. The fourth-order valence-corrected chi connectivity index (χ4v) is 4.90. The molecule has 0 spiro atoms. The molecule has 13 nitrogen and oxygen atoms in total. The summed E-state index contributed by atoms with van der Waals surface area (Å²) in [5, 5.41) is 34.5. The monoisotopic (exact) mass is 612 g/mol. The normalized spacial score (nSPS) is 11.6. The van der Waals surface area contributed by atoms with Crippen LogP contribution in [0.3, 0.4) is 0 Å². The van der Waals surface area contributed by atoms with Crippen molar-refractivity contribution in [3.8, 4) is 0 Å². The Morgan fingerprint density at radius 2 is 1.53 bits per heavy atom. The van der Waals surface area contributed by atoms with Crippen LogP contribution in [0.5, 0.6) is 0 Å². The van der Waals surface area contributed by atoms with Crippen molar-refractivity contribution in [2.24, 2.45) is 0 Å². The molecule has 5 aromatic rings. The third-order valence-corrected chi connectivity index (χ3v) is 7.05. The Morgan fingerprint density at radius 1 is 0.867 bits per heavy atom. The van der Waals surface area contributed by atoms with Gasteiger partial charge in [-0.2, -0.15) is 0 Å². The SMILES string of the molecule is Cc1cccc2nc3cccc(C(=O)NCCCN(CCCNc4n[n+]([O-])c5ccccc5[n+]4[O-])C(=O)OC(C)(C)C)c3nc12. The summed E-state index contributed by atoms with van der Waals surface area (Å²) in [5.41, 5.74) is 3.76. The number of hydrogen-bond acceptors (Lipinski definition) is 9. The first kappa shape index (κ1) is 31.1. The standard InChI is InChI=1S/C32H36N8O5/c1-21-11-7-13-23-27(21)36-28-22(12-8-14-24(28)35-23)29(41)33-17-9-19-38(31(42)45-32(2,3)4)20-10-18-34-30-37-40(44)26-16-6-5-15-25(26)39(30)43/h5-8,11-16H,9-10,17-20H2,1-4H3,(H,33,41)(H,34,37). The molecule has 0 fully saturated rings. The number of benzene rings is 3. The second kappa shape index (κ2) is 13.1. The molecule has 0 aliphatic rings. The summed E-state index contributed by atoms with van der Waals surface area (Å²) in [7, 11) is 0. The minimum absolute atomic E-state index is 0.128. The van der Waals surface area contributed by atoms with Crippen molar-refractivity contribution in [3.63, 3.8) is 0 Å². The summed E-state index contributed by atoms with van der Waals surface area (Å²) in [4.78, 5) is 37.5. The molecule has 2 N–H and O–H groups in total. The molecule has 0 radical (unpaired) electrons. The van der Waals surface area contributed by atoms with E-state index in [1.165, 1.54) is 6.07 Å². The average molecular weight is 613 g/mol. The zero-order valence-corrected chi connectivity index (χ0v) is 25.7. The molecule has 3 aromatic carbocycles. The van der Waals surface area contributed by atoms with Crippen molar-refractivity contribution in [2.45, 2.75) is 46.1 Å². The molecule has 234 valence electrons. The summed E-state index contributed by atoms with van der Waals surface area (Å²) >= 11 is 0. The highest BCUT2D eigenvalue weighted by Crippen LogP contribution is 2.21. The predicted octanol–water partition coefficient (Wildman–Crippen LogP) is 3.77. The molecular formula is C32H36N8O5. The highest BCUT2D eigenvalue weighted by molar-refractivity contribution is 6.06. The van der Waals surface area contributed by atoms with Crippen LogP contribution in [0.2, 0.25) is 0 Å². The summed E-state index contributed by atoms with van der Waals surface area (Å²) in [6, 6.07) is 17.5. The number of aryl methyl sites for hydroxylation is 1. The highest BCUT2D eigenvalue weighted by Gasteiger charge is 2.23. The lowest BCUT2D eigenvalue weighted by atomic mass is 10.1. The molecule has 13 heteroatoms. The van der Waals surface area contributed by atoms with E-state index < -0.39 is 11.7 Å². The van der Waals surface area contributed by atoms with Gasteiger partial charge in [-0.15, -0.1) is 0 Å². The maximum atomic E-state index is 13.2. The van der Waals surface area contributed by atoms with Crippen LogP contribution in [0.4, 0.5) is 10.7 Å². The molecule has 0 unspecified atom stereocenters. The van der Waals surface area contributed by atoms with E-state index in [-0.39, 0.29) is 29.4 Å². The van der Waals surface area contributed by atoms with E-state index in [1.807, 2.05) is 31.2 Å². The number of amides is 2. The van der Waals surface area contributed by atoms with Crippen molar-refractivity contribution in [1.29, 1.82) is 0 Å². The zero-order chi connectivity index (χ0) is 32.1. The lowest BCUT2D eigenvalue weighted by molar-refractivity contribution is -0.672. The third kappa shape index (κ3) is 7.25. The molecule has 0 atom stereocenters. The Hall–Kier alpha value is -5.33. The Kier molecular flexibility index (Phi) is 9.07. The number of carbonyl (C=O) groups excluding carboxylic acids is 2. The average Bonchev–Trinajstić information content (AvgIpc) is 3.00. The van der Waals surface area contributed by atoms with Crippen molar-refractivity contribution < 1.29 is 23.9 Å². The van der Waals surface area contributed by atoms with Gasteiger partial charge in [0.1, 0.15) is 11.1 Å². The molecule has 45 heavy (non-hydrogen) atoms. The van der Waals surface area contributed by atoms with Crippen LogP contribution in [0.1, 0.15) is 49.5 Å². The van der Waals surface area contributed by atoms with Gasteiger partial charge < -0.3 is 25.4 Å². The Balaban J connectivity index is 1.19. The molecule has 0 bridgehead atoms. The van der Waals surface area contributed by atoms with Crippen molar-refractivity contribution >= 4 is 51.0 Å². The van der Waals surface area contributed by atoms with Crippen LogP contribution < -0.4 is 20.2 Å². The number of ether oxygens (including phenoxy) is 1. The number of fused-ring (bicyclic) bond motifs is 3. The number of hydrogen-bond donors (Lipinski definition) is 2. The van der Waals surface area contributed by atoms with Gasteiger partial charge >= 0.3 is 12.0 Å². The second-order valence-electron chi connectivity index (χ2n) is 11.7. The van der Waals surface area contributed by atoms with Gasteiger partial charge in [0, 0.05) is 30.5 Å². The Bertz CT molecular complexity index is 1870. The van der Waals surface area contributed by atoms with E-state index in [0.717, 1.165) is 16.6 Å². The van der Waals surface area contributed by atoms with Gasteiger partial charge in [0.2, 0.25) is 5.10 Å². The van der Waals surface area contributed by atoms with E-state index in [2.05, 4.69) is 20.7 Å². The molecule has 2 amide bonds. The lowest BCUT2D eigenvalue weighted by Crippen LogP contribution is -2.44. The molecule has 5 rings (SSSR count). The van der Waals surface area contributed by atoms with Crippen LogP contribution in [0.15, 0.2) is 60.7 Å². The van der Waals surface area contributed by atoms with Crippen LogP contribution in [0, 0.1) is 17.3 Å². The van der Waals surface area contributed by atoms with E-state index in [1.54, 1.807) is 56.0 Å². The summed E-state index contributed by atoms with van der Waals surface area (Å²) < 4.78 is 6.16. The lowest BCUT2D eigenvalue weighted by Gasteiger charge is -2.27. The Morgan fingerprint density at radius 3 is 2.27 bits per heavy atom. The van der Waals surface area contributed by atoms with Crippen molar-refractivity contribution in [2.75, 3.05) is 31.5 Å². The minimum atomic E-state index is -0.690. The topological polar surface area (TPSA) is 163 Å². The molecule has 2 aromatic heterocycles. The maximum absolute atomic E-state index is 13.2. The molecule has 0 saturated carbocycles. The van der Waals surface area contributed by atoms with Gasteiger partial charge in [0.15, 0.2) is 5.52 Å². The first-order valence-electron chi connectivity index (χ1n) is 14.8.